The van der Waals surface area contributed by atoms with E-state index in [2.05, 4.69) is 15.5 Å². The molecule has 30 heavy (non-hydrogen) atoms. The molecule has 0 aliphatic rings. The summed E-state index contributed by atoms with van der Waals surface area (Å²) in [5, 5.41) is 12.8. The Morgan fingerprint density at radius 2 is 1.90 bits per heavy atom. The molecule has 0 spiro atoms. The van der Waals surface area contributed by atoms with Crippen molar-refractivity contribution in [3.05, 3.63) is 82.8 Å². The third kappa shape index (κ3) is 5.05. The molecule has 0 saturated carbocycles. The van der Waals surface area contributed by atoms with Crippen LogP contribution in [-0.2, 0) is 11.3 Å². The normalized spacial score (nSPS) is 10.9. The zero-order chi connectivity index (χ0) is 20.9. The first-order chi connectivity index (χ1) is 14.6. The second kappa shape index (κ2) is 9.38. The molecule has 1 amide bonds. The highest BCUT2D eigenvalue weighted by atomic mass is 35.5. The van der Waals surface area contributed by atoms with Crippen LogP contribution < -0.4 is 5.32 Å². The van der Waals surface area contributed by atoms with Crippen LogP contribution in [-0.4, -0.2) is 26.4 Å². The summed E-state index contributed by atoms with van der Waals surface area (Å²) in [4.78, 5) is 12.3. The minimum atomic E-state index is -0.134. The van der Waals surface area contributed by atoms with Crippen molar-refractivity contribution in [2.45, 2.75) is 11.7 Å². The lowest BCUT2D eigenvalue weighted by molar-refractivity contribution is -0.118. The van der Waals surface area contributed by atoms with Crippen molar-refractivity contribution in [1.82, 2.24) is 20.1 Å². The minimum absolute atomic E-state index is 0.134. The van der Waals surface area contributed by atoms with Gasteiger partial charge in [0.05, 0.1) is 18.0 Å². The van der Waals surface area contributed by atoms with E-state index in [0.29, 0.717) is 27.5 Å². The van der Waals surface area contributed by atoms with Gasteiger partial charge in [0.2, 0.25) is 5.91 Å². The van der Waals surface area contributed by atoms with Gasteiger partial charge in [-0.3, -0.25) is 9.36 Å². The predicted molar refractivity (Wildman–Crippen MR) is 118 cm³/mol. The van der Waals surface area contributed by atoms with Gasteiger partial charge in [-0.25, -0.2) is 0 Å². The molecular weight excluding hydrogens is 443 g/mol. The Morgan fingerprint density at radius 3 is 2.70 bits per heavy atom. The molecule has 4 aromatic rings. The van der Waals surface area contributed by atoms with E-state index in [1.165, 1.54) is 11.8 Å². The van der Waals surface area contributed by atoms with Crippen LogP contribution in [0.1, 0.15) is 5.76 Å². The highest BCUT2D eigenvalue weighted by Crippen LogP contribution is 2.24. The summed E-state index contributed by atoms with van der Waals surface area (Å²) < 4.78 is 7.58. The quantitative estimate of drug-likeness (QED) is 0.383. The Labute approximate surface area is 187 Å². The zero-order valence-electron chi connectivity index (χ0n) is 15.6. The van der Waals surface area contributed by atoms with Crippen LogP contribution in [0.4, 0.5) is 0 Å². The molecule has 0 fully saturated rings. The number of rotatable bonds is 7. The number of furan rings is 1. The maximum absolute atomic E-state index is 12.3. The third-order valence-electron chi connectivity index (χ3n) is 4.19. The number of nitrogens with one attached hydrogen (secondary N) is 1. The van der Waals surface area contributed by atoms with Gasteiger partial charge in [-0.05, 0) is 54.6 Å². The van der Waals surface area contributed by atoms with E-state index in [-0.39, 0.29) is 11.7 Å². The minimum Gasteiger partial charge on any atom is -0.459 e. The number of aromatic nitrogens is 3. The summed E-state index contributed by atoms with van der Waals surface area (Å²) in [5.41, 5.74) is 1.76. The monoisotopic (exact) mass is 458 g/mol. The lowest BCUT2D eigenvalue weighted by Crippen LogP contribution is -2.24. The number of carbonyl (C=O) groups is 1. The molecular formula is C21H16Cl2N4O2S. The molecule has 0 bridgehead atoms. The summed E-state index contributed by atoms with van der Waals surface area (Å²) in [6.45, 7) is 0.300. The first-order valence-corrected chi connectivity index (χ1v) is 10.7. The molecule has 4 rings (SSSR count). The maximum atomic E-state index is 12.3. The van der Waals surface area contributed by atoms with Crippen LogP contribution >= 0.6 is 35.0 Å². The van der Waals surface area contributed by atoms with Crippen LogP contribution in [0.25, 0.3) is 17.0 Å². The van der Waals surface area contributed by atoms with Gasteiger partial charge in [-0.1, -0.05) is 41.0 Å². The SMILES string of the molecule is O=C(CSc1nncn1-c1cccc(Cl)c1)NCc1ccc(-c2ccc(Cl)cc2)o1. The fraction of sp³-hybridized carbons (Fsp3) is 0.0952. The second-order valence-corrected chi connectivity index (χ2v) is 8.12. The molecule has 0 atom stereocenters. The largest absolute Gasteiger partial charge is 0.459 e. The summed E-state index contributed by atoms with van der Waals surface area (Å²) in [6, 6.07) is 18.4. The number of hydrogen-bond acceptors (Lipinski definition) is 5. The molecule has 0 aliphatic carbocycles. The fourth-order valence-corrected chi connectivity index (χ4v) is 3.80. The Bertz CT molecular complexity index is 1160. The molecule has 1 N–H and O–H groups in total. The first-order valence-electron chi connectivity index (χ1n) is 8.98. The average Bonchev–Trinajstić information content (AvgIpc) is 3.41. The highest BCUT2D eigenvalue weighted by Gasteiger charge is 2.11. The Hall–Kier alpha value is -2.74. The summed E-state index contributed by atoms with van der Waals surface area (Å²) in [6.07, 6.45) is 1.59. The standard InChI is InChI=1S/C21H16Cl2N4O2S/c22-15-6-4-14(5-7-15)19-9-8-18(29-19)11-24-20(28)12-30-21-26-25-13-27(21)17-3-1-2-16(23)10-17/h1-10,13H,11-12H2,(H,24,28). The van der Waals surface area contributed by atoms with Crippen molar-refractivity contribution in [1.29, 1.82) is 0 Å². The molecule has 9 heteroatoms. The molecule has 152 valence electrons. The molecule has 2 aromatic carbocycles. The second-order valence-electron chi connectivity index (χ2n) is 6.30. The van der Waals surface area contributed by atoms with Gasteiger partial charge in [0.25, 0.3) is 0 Å². The average molecular weight is 459 g/mol. The van der Waals surface area contributed by atoms with Crippen LogP contribution in [0.2, 0.25) is 10.0 Å². The number of benzene rings is 2. The van der Waals surface area contributed by atoms with Gasteiger partial charge >= 0.3 is 0 Å². The smallest absolute Gasteiger partial charge is 0.230 e. The molecule has 0 aliphatic heterocycles. The van der Waals surface area contributed by atoms with E-state index in [4.69, 9.17) is 27.6 Å². The van der Waals surface area contributed by atoms with Crippen molar-refractivity contribution in [2.75, 3.05) is 5.75 Å². The van der Waals surface area contributed by atoms with Crippen molar-refractivity contribution in [3.63, 3.8) is 0 Å². The topological polar surface area (TPSA) is 73.0 Å². The van der Waals surface area contributed by atoms with Crippen LogP contribution in [0.15, 0.2) is 76.6 Å². The lowest BCUT2D eigenvalue weighted by atomic mass is 10.2. The van der Waals surface area contributed by atoms with Gasteiger partial charge in [0, 0.05) is 15.6 Å². The van der Waals surface area contributed by atoms with Gasteiger partial charge in [-0.2, -0.15) is 0 Å². The van der Waals surface area contributed by atoms with Crippen LogP contribution in [0.3, 0.4) is 0 Å². The summed E-state index contributed by atoms with van der Waals surface area (Å²) in [5.74, 6) is 1.45. The zero-order valence-corrected chi connectivity index (χ0v) is 17.9. The third-order valence-corrected chi connectivity index (χ3v) is 5.62. The highest BCUT2D eigenvalue weighted by molar-refractivity contribution is 7.99. The van der Waals surface area contributed by atoms with Crippen molar-refractivity contribution in [2.24, 2.45) is 0 Å². The maximum Gasteiger partial charge on any atom is 0.230 e. The van der Waals surface area contributed by atoms with Crippen molar-refractivity contribution in [3.8, 4) is 17.0 Å². The van der Waals surface area contributed by atoms with E-state index < -0.39 is 0 Å². The molecule has 0 radical (unpaired) electrons. The Balaban J connectivity index is 1.31. The predicted octanol–water partition coefficient (Wildman–Crippen LogP) is 5.24. The van der Waals surface area contributed by atoms with E-state index in [1.54, 1.807) is 29.1 Å². The number of halogens is 2. The molecule has 6 nitrogen and oxygen atoms in total. The number of nitrogens with zero attached hydrogens (tertiary/aromatic N) is 3. The van der Waals surface area contributed by atoms with E-state index >= 15 is 0 Å². The van der Waals surface area contributed by atoms with Gasteiger partial charge in [-0.15, -0.1) is 10.2 Å². The Morgan fingerprint density at radius 1 is 1.07 bits per heavy atom. The summed E-state index contributed by atoms with van der Waals surface area (Å²) in [7, 11) is 0. The number of hydrogen-bond donors (Lipinski definition) is 1. The van der Waals surface area contributed by atoms with E-state index in [9.17, 15) is 4.79 Å². The van der Waals surface area contributed by atoms with Crippen molar-refractivity contribution < 1.29 is 9.21 Å². The number of thioether (sulfide) groups is 1. The Kier molecular flexibility index (Phi) is 6.42. The van der Waals surface area contributed by atoms with E-state index in [0.717, 1.165) is 17.0 Å². The van der Waals surface area contributed by atoms with E-state index in [1.807, 2.05) is 42.5 Å². The lowest BCUT2D eigenvalue weighted by Gasteiger charge is -2.07. The number of carbonyl (C=O) groups excluding carboxylic acids is 1. The molecule has 0 unspecified atom stereocenters. The van der Waals surface area contributed by atoms with Gasteiger partial charge < -0.3 is 9.73 Å². The molecule has 0 saturated heterocycles. The first kappa shape index (κ1) is 20.5. The summed E-state index contributed by atoms with van der Waals surface area (Å²) >= 11 is 13.3. The fourth-order valence-electron chi connectivity index (χ4n) is 2.73. The molecule has 2 heterocycles. The van der Waals surface area contributed by atoms with Crippen LogP contribution in [0, 0.1) is 0 Å². The number of amides is 1. The van der Waals surface area contributed by atoms with Crippen LogP contribution in [0.5, 0.6) is 0 Å². The van der Waals surface area contributed by atoms with Crippen molar-refractivity contribution >= 4 is 40.9 Å². The van der Waals surface area contributed by atoms with Gasteiger partial charge in [0.15, 0.2) is 5.16 Å². The van der Waals surface area contributed by atoms with Gasteiger partial charge in [0.1, 0.15) is 17.8 Å². The molecule has 2 aromatic heterocycles.